The van der Waals surface area contributed by atoms with E-state index in [-0.39, 0.29) is 30.1 Å². The molecule has 0 bridgehead atoms. The summed E-state index contributed by atoms with van der Waals surface area (Å²) in [6.45, 7) is 0.668. The van der Waals surface area contributed by atoms with Gasteiger partial charge in [0.2, 0.25) is 17.7 Å². The number of hydrogen-bond donors (Lipinski definition) is 6. The Morgan fingerprint density at radius 3 is 2.50 bits per heavy atom. The molecule has 3 atom stereocenters. The predicted octanol–water partition coefficient (Wildman–Crippen LogP) is -1.71. The maximum absolute atomic E-state index is 12.9. The number of guanidine groups is 1. The predicted molar refractivity (Wildman–Crippen MR) is 118 cm³/mol. The molecular weight excluding hydrogens is 414 g/mol. The molecule has 3 amide bonds. The number of benzene rings is 1. The van der Waals surface area contributed by atoms with Crippen molar-refractivity contribution >= 4 is 23.7 Å². The smallest absolute Gasteiger partial charge is 0.244 e. The van der Waals surface area contributed by atoms with Crippen LogP contribution < -0.4 is 27.8 Å². The molecule has 0 aromatic heterocycles. The van der Waals surface area contributed by atoms with Crippen molar-refractivity contribution < 1.29 is 19.5 Å². The van der Waals surface area contributed by atoms with E-state index in [4.69, 9.17) is 17.2 Å². The van der Waals surface area contributed by atoms with Crippen LogP contribution in [-0.4, -0.2) is 70.9 Å². The molecule has 3 rings (SSSR count). The lowest BCUT2D eigenvalue weighted by Gasteiger charge is -2.39. The van der Waals surface area contributed by atoms with Crippen LogP contribution in [0.4, 0.5) is 0 Å². The first-order valence-electron chi connectivity index (χ1n) is 10.7. The summed E-state index contributed by atoms with van der Waals surface area (Å²) in [6, 6.07) is 4.94. The molecule has 2 aliphatic rings. The fourth-order valence-corrected chi connectivity index (χ4v) is 3.89. The molecule has 1 saturated heterocycles. The van der Waals surface area contributed by atoms with Gasteiger partial charge in [0.05, 0.1) is 6.04 Å². The summed E-state index contributed by atoms with van der Waals surface area (Å²) in [7, 11) is 0. The van der Waals surface area contributed by atoms with Gasteiger partial charge in [0.25, 0.3) is 0 Å². The van der Waals surface area contributed by atoms with Gasteiger partial charge in [-0.3, -0.25) is 24.3 Å². The highest BCUT2D eigenvalue weighted by Crippen LogP contribution is 2.31. The molecule has 0 radical (unpaired) electrons. The quantitative estimate of drug-likeness (QED) is 0.140. The van der Waals surface area contributed by atoms with Crippen LogP contribution in [0.25, 0.3) is 0 Å². The van der Waals surface area contributed by atoms with Gasteiger partial charge in [-0.1, -0.05) is 12.1 Å². The Balaban J connectivity index is 1.61. The summed E-state index contributed by atoms with van der Waals surface area (Å²) in [6.07, 6.45) is 3.18. The third-order valence-electron chi connectivity index (χ3n) is 5.72. The summed E-state index contributed by atoms with van der Waals surface area (Å²) < 4.78 is 0. The third kappa shape index (κ3) is 6.33. The van der Waals surface area contributed by atoms with Gasteiger partial charge in [-0.05, 0) is 49.8 Å². The Kier molecular flexibility index (Phi) is 7.52. The lowest BCUT2D eigenvalue weighted by Crippen LogP contribution is -2.66. The number of piperazine rings is 1. The van der Waals surface area contributed by atoms with Gasteiger partial charge in [-0.2, -0.15) is 0 Å². The molecule has 0 spiro atoms. The first-order valence-corrected chi connectivity index (χ1v) is 10.7. The Bertz CT molecular complexity index is 865. The lowest BCUT2D eigenvalue weighted by atomic mass is 9.99. The molecule has 1 aliphatic carbocycles. The highest BCUT2D eigenvalue weighted by molar-refractivity contribution is 5.94. The van der Waals surface area contributed by atoms with Crippen LogP contribution in [0.2, 0.25) is 0 Å². The van der Waals surface area contributed by atoms with Crippen LogP contribution >= 0.6 is 0 Å². The summed E-state index contributed by atoms with van der Waals surface area (Å²) in [5.74, 6) is -1.22. The second kappa shape index (κ2) is 10.3. The van der Waals surface area contributed by atoms with E-state index in [0.29, 0.717) is 25.9 Å². The fraction of sp³-hybridized carbons (Fsp3) is 0.524. The minimum absolute atomic E-state index is 0.0448. The molecule has 2 fully saturated rings. The highest BCUT2D eigenvalue weighted by atomic mass is 16.3. The van der Waals surface area contributed by atoms with Crippen LogP contribution in [0.15, 0.2) is 29.3 Å². The monoisotopic (exact) mass is 445 g/mol. The number of nitrogens with one attached hydrogen (secondary N) is 2. The molecule has 1 aromatic rings. The number of rotatable bonds is 10. The van der Waals surface area contributed by atoms with E-state index in [0.717, 1.165) is 18.4 Å². The molecule has 174 valence electrons. The van der Waals surface area contributed by atoms with Crippen molar-refractivity contribution in [2.45, 2.75) is 56.3 Å². The number of aliphatic imine (C=N–C) groups is 1. The molecule has 11 heteroatoms. The van der Waals surface area contributed by atoms with Gasteiger partial charge in [0, 0.05) is 19.1 Å². The minimum Gasteiger partial charge on any atom is -0.508 e. The average molecular weight is 446 g/mol. The maximum atomic E-state index is 12.9. The second-order valence-corrected chi connectivity index (χ2v) is 8.29. The second-order valence-electron chi connectivity index (χ2n) is 8.29. The van der Waals surface area contributed by atoms with Crippen LogP contribution in [0, 0.1) is 0 Å². The molecule has 0 unspecified atom stereocenters. The number of aromatic hydroxyl groups is 1. The summed E-state index contributed by atoms with van der Waals surface area (Å²) >= 11 is 0. The number of amides is 3. The normalized spacial score (nSPS) is 21.9. The number of primary amides is 1. The topological polar surface area (TPSA) is 189 Å². The molecule has 9 N–H and O–H groups in total. The largest absolute Gasteiger partial charge is 0.508 e. The van der Waals surface area contributed by atoms with Gasteiger partial charge in [0.15, 0.2) is 5.96 Å². The van der Waals surface area contributed by atoms with E-state index in [1.54, 1.807) is 24.3 Å². The van der Waals surface area contributed by atoms with Crippen molar-refractivity contribution in [2.75, 3.05) is 13.1 Å². The van der Waals surface area contributed by atoms with E-state index in [1.165, 1.54) is 0 Å². The van der Waals surface area contributed by atoms with Gasteiger partial charge >= 0.3 is 0 Å². The molecule has 1 aliphatic heterocycles. The summed E-state index contributed by atoms with van der Waals surface area (Å²) in [5, 5.41) is 14.9. The zero-order chi connectivity index (χ0) is 23.3. The van der Waals surface area contributed by atoms with Crippen LogP contribution in [0.5, 0.6) is 5.75 Å². The van der Waals surface area contributed by atoms with Crippen molar-refractivity contribution in [3.8, 4) is 5.75 Å². The van der Waals surface area contributed by atoms with Crippen LogP contribution in [0.1, 0.15) is 31.2 Å². The average Bonchev–Trinajstić information content (AvgIpc) is 3.57. The van der Waals surface area contributed by atoms with Crippen LogP contribution in [0.3, 0.4) is 0 Å². The van der Waals surface area contributed by atoms with E-state index >= 15 is 0 Å². The molecule has 1 heterocycles. The number of hydrogen-bond acceptors (Lipinski definition) is 6. The first kappa shape index (κ1) is 23.3. The van der Waals surface area contributed by atoms with E-state index in [2.05, 4.69) is 20.5 Å². The third-order valence-corrected chi connectivity index (χ3v) is 5.72. The molecule has 1 saturated carbocycles. The van der Waals surface area contributed by atoms with E-state index < -0.39 is 29.9 Å². The van der Waals surface area contributed by atoms with E-state index in [1.807, 2.05) is 0 Å². The van der Waals surface area contributed by atoms with Gasteiger partial charge in [-0.25, -0.2) is 0 Å². The SMILES string of the molecule is NC(=O)[C@H](CCCN=C(N)N)NC(=O)[C@H]1CN(C2CC2)[C@H](Cc2ccc(O)cc2)C(=O)N1. The van der Waals surface area contributed by atoms with Crippen molar-refractivity contribution in [1.82, 2.24) is 15.5 Å². The molecule has 11 nitrogen and oxygen atoms in total. The Morgan fingerprint density at radius 1 is 1.22 bits per heavy atom. The Morgan fingerprint density at radius 2 is 1.91 bits per heavy atom. The number of phenols is 1. The summed E-state index contributed by atoms with van der Waals surface area (Å²) in [5.41, 5.74) is 16.9. The van der Waals surface area contributed by atoms with Crippen molar-refractivity contribution in [2.24, 2.45) is 22.2 Å². The highest BCUT2D eigenvalue weighted by Gasteiger charge is 2.44. The molecule has 32 heavy (non-hydrogen) atoms. The molecule has 1 aromatic carbocycles. The standard InChI is InChI=1S/C21H31N7O4/c22-18(30)15(2-1-9-25-21(23)24)26-19(31)16-11-28(13-5-6-13)17(20(32)27-16)10-12-3-7-14(29)8-4-12/h3-4,7-8,13,15-17,29H,1-2,5-6,9-11H2,(H2,22,30)(H,26,31)(H,27,32)(H4,23,24,25)/t15-,16+,17+/m0/s1. The zero-order valence-electron chi connectivity index (χ0n) is 17.9. The molecular formula is C21H31N7O4. The Hall–Kier alpha value is -3.34. The van der Waals surface area contributed by atoms with Crippen molar-refractivity contribution in [3.63, 3.8) is 0 Å². The van der Waals surface area contributed by atoms with Crippen LogP contribution in [-0.2, 0) is 20.8 Å². The van der Waals surface area contributed by atoms with Crippen molar-refractivity contribution in [3.05, 3.63) is 29.8 Å². The van der Waals surface area contributed by atoms with Crippen molar-refractivity contribution in [1.29, 1.82) is 0 Å². The number of carbonyl (C=O) groups excluding carboxylic acids is 3. The number of carbonyl (C=O) groups is 3. The summed E-state index contributed by atoms with van der Waals surface area (Å²) in [4.78, 5) is 43.4. The van der Waals surface area contributed by atoms with Gasteiger partial charge in [-0.15, -0.1) is 0 Å². The lowest BCUT2D eigenvalue weighted by molar-refractivity contribution is -0.138. The Labute approximate surface area is 186 Å². The zero-order valence-corrected chi connectivity index (χ0v) is 17.9. The first-order chi connectivity index (χ1) is 15.2. The van der Waals surface area contributed by atoms with Gasteiger partial charge in [0.1, 0.15) is 17.8 Å². The number of nitrogens with two attached hydrogens (primary N) is 3. The van der Waals surface area contributed by atoms with E-state index in [9.17, 15) is 19.5 Å². The maximum Gasteiger partial charge on any atom is 0.244 e. The minimum atomic E-state index is -0.877. The number of nitrogens with zero attached hydrogens (tertiary/aromatic N) is 2. The van der Waals surface area contributed by atoms with Gasteiger partial charge < -0.3 is 32.9 Å². The fourth-order valence-electron chi connectivity index (χ4n) is 3.89. The number of phenolic OH excluding ortho intramolecular Hbond substituents is 1.